The number of esters is 4. The molecular formula is C76H148O17P2. The molecule has 2 unspecified atom stereocenters. The van der Waals surface area contributed by atoms with Crippen LogP contribution in [0.5, 0.6) is 0 Å². The maximum Gasteiger partial charge on any atom is 0.472 e. The number of aliphatic hydroxyl groups is 1. The van der Waals surface area contributed by atoms with Crippen LogP contribution >= 0.6 is 15.6 Å². The number of hydrogen-bond donors (Lipinski definition) is 3. The van der Waals surface area contributed by atoms with Crippen LogP contribution in [0.2, 0.25) is 0 Å². The van der Waals surface area contributed by atoms with Crippen molar-refractivity contribution in [3.63, 3.8) is 0 Å². The number of phosphoric ester groups is 2. The third kappa shape index (κ3) is 70.3. The number of rotatable bonds is 77. The summed E-state index contributed by atoms with van der Waals surface area (Å²) in [4.78, 5) is 72.6. The third-order valence-electron chi connectivity index (χ3n) is 17.9. The lowest BCUT2D eigenvalue weighted by Crippen LogP contribution is -2.30. The molecule has 0 radical (unpaired) electrons. The van der Waals surface area contributed by atoms with E-state index in [0.717, 1.165) is 96.3 Å². The Morgan fingerprint density at radius 3 is 0.621 bits per heavy atom. The fourth-order valence-electron chi connectivity index (χ4n) is 11.8. The van der Waals surface area contributed by atoms with Crippen LogP contribution < -0.4 is 0 Å². The van der Waals surface area contributed by atoms with Crippen LogP contribution in [0.3, 0.4) is 0 Å². The first-order valence-electron chi connectivity index (χ1n) is 39.8. The minimum Gasteiger partial charge on any atom is -0.462 e. The molecule has 0 aromatic rings. The van der Waals surface area contributed by atoms with Crippen LogP contribution in [0.25, 0.3) is 0 Å². The summed E-state index contributed by atoms with van der Waals surface area (Å²) in [5.74, 6) is -2.12. The molecule has 19 heteroatoms. The minimum absolute atomic E-state index is 0.106. The number of hydrogen-bond acceptors (Lipinski definition) is 15. The monoisotopic (exact) mass is 1400 g/mol. The first-order valence-corrected chi connectivity index (χ1v) is 42.8. The fourth-order valence-corrected chi connectivity index (χ4v) is 13.3. The van der Waals surface area contributed by atoms with Crippen LogP contribution in [0.4, 0.5) is 0 Å². The van der Waals surface area contributed by atoms with E-state index in [0.29, 0.717) is 25.7 Å². The summed E-state index contributed by atoms with van der Waals surface area (Å²) in [6.07, 6.45) is 61.3. The molecule has 0 rings (SSSR count). The van der Waals surface area contributed by atoms with E-state index in [1.807, 2.05) is 0 Å². The molecule has 0 aliphatic heterocycles. The quantitative estimate of drug-likeness (QED) is 0.0222. The molecule has 0 bridgehead atoms. The van der Waals surface area contributed by atoms with Gasteiger partial charge in [-0.05, 0) is 25.7 Å². The van der Waals surface area contributed by atoms with Crippen molar-refractivity contribution >= 4 is 39.5 Å². The second-order valence-corrected chi connectivity index (χ2v) is 30.3. The van der Waals surface area contributed by atoms with E-state index in [-0.39, 0.29) is 25.7 Å². The normalized spacial score (nSPS) is 13.9. The highest BCUT2D eigenvalue weighted by atomic mass is 31.2. The number of ether oxygens (including phenoxy) is 4. The van der Waals surface area contributed by atoms with Gasteiger partial charge in [0.2, 0.25) is 0 Å². The SMILES string of the molecule is CCCCCCCCCCCCCCCCCCCCCCCCC(=O)O[C@H](COC(=O)CCCCCCCCCCCCCCCCCC)COP(=O)(O)OC[C@@H](O)COP(=O)(O)OC[C@@H](COC(=O)CCCCCCCCCC)OC(=O)CCCCCCCCCCC. The maximum absolute atomic E-state index is 13.1. The molecule has 0 fully saturated rings. The van der Waals surface area contributed by atoms with Crippen molar-refractivity contribution in [2.24, 2.45) is 0 Å². The molecule has 0 aromatic heterocycles. The van der Waals surface area contributed by atoms with Crippen LogP contribution in [-0.2, 0) is 65.4 Å². The van der Waals surface area contributed by atoms with Gasteiger partial charge in [-0.25, -0.2) is 9.13 Å². The number of carbonyl (C=O) groups is 4. The Labute approximate surface area is 581 Å². The predicted molar refractivity (Wildman–Crippen MR) is 386 cm³/mol. The molecule has 0 aliphatic rings. The van der Waals surface area contributed by atoms with Gasteiger partial charge in [-0.3, -0.25) is 37.3 Å². The Morgan fingerprint density at radius 2 is 0.421 bits per heavy atom. The molecule has 0 aliphatic carbocycles. The zero-order chi connectivity index (χ0) is 69.7. The predicted octanol–water partition coefficient (Wildman–Crippen LogP) is 22.6. The van der Waals surface area contributed by atoms with Gasteiger partial charge in [0.05, 0.1) is 26.4 Å². The van der Waals surface area contributed by atoms with Gasteiger partial charge in [0.15, 0.2) is 12.2 Å². The number of phosphoric acid groups is 2. The number of carbonyl (C=O) groups excluding carboxylic acids is 4. The molecule has 0 heterocycles. The van der Waals surface area contributed by atoms with Crippen molar-refractivity contribution < 1.29 is 80.2 Å². The van der Waals surface area contributed by atoms with E-state index >= 15 is 0 Å². The Bertz CT molecular complexity index is 1810. The molecule has 0 saturated carbocycles. The molecule has 17 nitrogen and oxygen atoms in total. The summed E-state index contributed by atoms with van der Waals surface area (Å²) in [5, 5.41) is 10.6. The van der Waals surface area contributed by atoms with Crippen molar-refractivity contribution in [3.8, 4) is 0 Å². The van der Waals surface area contributed by atoms with Crippen LogP contribution in [0.15, 0.2) is 0 Å². The van der Waals surface area contributed by atoms with E-state index in [4.69, 9.17) is 37.0 Å². The van der Waals surface area contributed by atoms with E-state index in [1.165, 1.54) is 231 Å². The van der Waals surface area contributed by atoms with Gasteiger partial charge < -0.3 is 33.8 Å². The van der Waals surface area contributed by atoms with Crippen molar-refractivity contribution in [1.82, 2.24) is 0 Å². The van der Waals surface area contributed by atoms with Crippen LogP contribution in [0, 0.1) is 0 Å². The number of unbranched alkanes of at least 4 members (excludes halogenated alkanes) is 51. The van der Waals surface area contributed by atoms with Crippen molar-refractivity contribution in [2.45, 2.75) is 425 Å². The maximum atomic E-state index is 13.1. The third-order valence-corrected chi connectivity index (χ3v) is 19.8. The largest absolute Gasteiger partial charge is 0.472 e. The van der Waals surface area contributed by atoms with E-state index in [1.54, 1.807) is 0 Å². The van der Waals surface area contributed by atoms with Crippen molar-refractivity contribution in [1.29, 1.82) is 0 Å². The first-order chi connectivity index (χ1) is 46.2. The van der Waals surface area contributed by atoms with Crippen molar-refractivity contribution in [2.75, 3.05) is 39.6 Å². The van der Waals surface area contributed by atoms with Gasteiger partial charge in [-0.15, -0.1) is 0 Å². The van der Waals surface area contributed by atoms with Crippen LogP contribution in [0.1, 0.15) is 407 Å². The molecule has 0 saturated heterocycles. The summed E-state index contributed by atoms with van der Waals surface area (Å²) in [7, 11) is -9.90. The lowest BCUT2D eigenvalue weighted by atomic mass is 10.0. The lowest BCUT2D eigenvalue weighted by molar-refractivity contribution is -0.161. The highest BCUT2D eigenvalue weighted by molar-refractivity contribution is 7.47. The number of aliphatic hydroxyl groups excluding tert-OH is 1. The second-order valence-electron chi connectivity index (χ2n) is 27.4. The molecule has 95 heavy (non-hydrogen) atoms. The molecule has 564 valence electrons. The topological polar surface area (TPSA) is 237 Å². The van der Waals surface area contributed by atoms with Gasteiger partial charge in [0.25, 0.3) is 0 Å². The van der Waals surface area contributed by atoms with E-state index in [9.17, 15) is 43.2 Å². The highest BCUT2D eigenvalue weighted by Gasteiger charge is 2.30. The Hall–Kier alpha value is -1.94. The Balaban J connectivity index is 5.14. The fraction of sp³-hybridized carbons (Fsp3) is 0.947. The first kappa shape index (κ1) is 93.1. The minimum atomic E-state index is -4.95. The summed E-state index contributed by atoms with van der Waals surface area (Å²) in [5.41, 5.74) is 0. The zero-order valence-corrected chi connectivity index (χ0v) is 63.4. The highest BCUT2D eigenvalue weighted by Crippen LogP contribution is 2.45. The summed E-state index contributed by atoms with van der Waals surface area (Å²) in [6, 6.07) is 0. The van der Waals surface area contributed by atoms with Gasteiger partial charge in [-0.2, -0.15) is 0 Å². The van der Waals surface area contributed by atoms with E-state index < -0.39 is 97.5 Å². The van der Waals surface area contributed by atoms with Gasteiger partial charge in [0.1, 0.15) is 19.3 Å². The average molecular weight is 1400 g/mol. The van der Waals surface area contributed by atoms with Crippen LogP contribution in [-0.4, -0.2) is 96.7 Å². The Kier molecular flexibility index (Phi) is 69.1. The second kappa shape index (κ2) is 70.5. The van der Waals surface area contributed by atoms with Gasteiger partial charge in [0, 0.05) is 25.7 Å². The summed E-state index contributed by atoms with van der Waals surface area (Å²) >= 11 is 0. The molecule has 3 N–H and O–H groups in total. The summed E-state index contributed by atoms with van der Waals surface area (Å²) < 4.78 is 68.4. The smallest absolute Gasteiger partial charge is 0.462 e. The summed E-state index contributed by atoms with van der Waals surface area (Å²) in [6.45, 7) is 4.94. The van der Waals surface area contributed by atoms with E-state index in [2.05, 4.69) is 27.7 Å². The molecule has 0 aromatic carbocycles. The molecule has 0 amide bonds. The molecule has 5 atom stereocenters. The molecule has 0 spiro atoms. The van der Waals surface area contributed by atoms with Gasteiger partial charge >= 0.3 is 39.5 Å². The zero-order valence-electron chi connectivity index (χ0n) is 61.6. The molecular weight excluding hydrogens is 1250 g/mol. The lowest BCUT2D eigenvalue weighted by Gasteiger charge is -2.21. The van der Waals surface area contributed by atoms with Crippen molar-refractivity contribution in [3.05, 3.63) is 0 Å². The standard InChI is InChI=1S/C76H148O17P2/c1-5-9-13-17-21-25-27-29-31-33-34-35-36-37-38-40-42-44-47-51-55-59-63-76(81)93-72(67-87-74(79)61-57-53-49-46-43-41-39-32-30-28-26-22-18-14-10-6-2)69-91-95(84,85)89-65-70(77)64-88-94(82,83)90-68-71(66-86-73(78)60-56-52-48-24-20-16-12-8-4)92-75(80)62-58-54-50-45-23-19-15-11-7-3/h70-72,77H,5-69H2,1-4H3,(H,82,83)(H,84,85)/t70-,71+,72+/m0/s1. The average Bonchev–Trinajstić information content (AvgIpc) is 1.50. The van der Waals surface area contributed by atoms with Gasteiger partial charge in [-0.1, -0.05) is 355 Å². The Morgan fingerprint density at radius 1 is 0.253 bits per heavy atom.